The second-order valence-corrected chi connectivity index (χ2v) is 3.88. The molecule has 0 bridgehead atoms. The van der Waals surface area contributed by atoms with Gasteiger partial charge in [0.25, 0.3) is 0 Å². The Morgan fingerprint density at radius 3 is 2.69 bits per heavy atom. The molecule has 3 N–H and O–H groups in total. The van der Waals surface area contributed by atoms with Gasteiger partial charge in [0.2, 0.25) is 0 Å². The van der Waals surface area contributed by atoms with Gasteiger partial charge >= 0.3 is 10.4 Å². The Hall–Kier alpha value is -1.73. The fourth-order valence-corrected chi connectivity index (χ4v) is 1.43. The van der Waals surface area contributed by atoms with Crippen molar-refractivity contribution in [3.05, 3.63) is 36.0 Å². The minimum absolute atomic E-state index is 0.0431. The lowest BCUT2D eigenvalue weighted by atomic mass is 10.2. The summed E-state index contributed by atoms with van der Waals surface area (Å²) in [6, 6.07) is 5.76. The van der Waals surface area contributed by atoms with E-state index >= 15 is 0 Å². The van der Waals surface area contributed by atoms with Gasteiger partial charge in [0.1, 0.15) is 5.75 Å². The molecule has 0 fully saturated rings. The van der Waals surface area contributed by atoms with Crippen molar-refractivity contribution in [2.24, 2.45) is 0 Å². The predicted molar refractivity (Wildman–Crippen MR) is 57.8 cm³/mol. The Bertz CT molecular complexity index is 494. The van der Waals surface area contributed by atoms with Crippen LogP contribution in [0.15, 0.2) is 30.5 Å². The molecule has 0 unspecified atom stereocenters. The van der Waals surface area contributed by atoms with Crippen molar-refractivity contribution in [1.29, 1.82) is 0 Å². The van der Waals surface area contributed by atoms with Crippen LogP contribution in [-0.2, 0) is 14.6 Å². The molecule has 1 aromatic carbocycles. The van der Waals surface area contributed by atoms with Crippen LogP contribution in [-0.4, -0.2) is 25.1 Å². The summed E-state index contributed by atoms with van der Waals surface area (Å²) in [6.07, 6.45) is 1.24. The Morgan fingerprint density at radius 1 is 1.50 bits per heavy atom. The van der Waals surface area contributed by atoms with Gasteiger partial charge in [0.05, 0.1) is 0 Å². The van der Waals surface area contributed by atoms with Crippen molar-refractivity contribution in [3.8, 4) is 5.75 Å². The molecule has 0 heterocycles. The average molecular weight is 245 g/mol. The van der Waals surface area contributed by atoms with Crippen LogP contribution in [0.25, 0.3) is 5.76 Å². The van der Waals surface area contributed by atoms with Crippen LogP contribution in [0.2, 0.25) is 0 Å². The summed E-state index contributed by atoms with van der Waals surface area (Å²) in [5.74, 6) is -0.167. The number of hydrogen-bond donors (Lipinski definition) is 3. The zero-order valence-corrected chi connectivity index (χ0v) is 9.23. The van der Waals surface area contributed by atoms with Crippen molar-refractivity contribution in [2.75, 3.05) is 7.05 Å². The number of rotatable bonds is 4. The molecular formula is C9H11NO5S. The number of phenolic OH excluding ortho intramolecular Hbond substituents is 1. The van der Waals surface area contributed by atoms with Crippen molar-refractivity contribution in [3.63, 3.8) is 0 Å². The van der Waals surface area contributed by atoms with Gasteiger partial charge < -0.3 is 14.6 Å². The Balaban J connectivity index is 3.09. The summed E-state index contributed by atoms with van der Waals surface area (Å²) in [5, 5.41) is 11.8. The van der Waals surface area contributed by atoms with Crippen molar-refractivity contribution < 1.29 is 22.3 Å². The van der Waals surface area contributed by atoms with Crippen molar-refractivity contribution in [2.45, 2.75) is 0 Å². The number of hydrogen-bond acceptors (Lipinski definition) is 5. The molecule has 0 spiro atoms. The first-order chi connectivity index (χ1) is 7.42. The first-order valence-electron chi connectivity index (χ1n) is 4.26. The molecule has 0 aromatic heterocycles. The summed E-state index contributed by atoms with van der Waals surface area (Å²) >= 11 is 0. The van der Waals surface area contributed by atoms with E-state index in [1.807, 2.05) is 0 Å². The van der Waals surface area contributed by atoms with Crippen molar-refractivity contribution >= 4 is 16.2 Å². The molecule has 7 heteroatoms. The topological polar surface area (TPSA) is 95.9 Å². The normalized spacial score (nSPS) is 12.2. The van der Waals surface area contributed by atoms with Gasteiger partial charge in [0, 0.05) is 18.8 Å². The van der Waals surface area contributed by atoms with Crippen molar-refractivity contribution in [1.82, 2.24) is 5.32 Å². The highest BCUT2D eigenvalue weighted by atomic mass is 32.3. The predicted octanol–water partition coefficient (Wildman–Crippen LogP) is 0.729. The molecule has 0 aliphatic rings. The highest BCUT2D eigenvalue weighted by Crippen LogP contribution is 2.21. The zero-order chi connectivity index (χ0) is 12.2. The number of aromatic hydroxyl groups is 1. The van der Waals surface area contributed by atoms with E-state index in [0.29, 0.717) is 5.56 Å². The maximum atomic E-state index is 10.6. The van der Waals surface area contributed by atoms with Crippen LogP contribution in [0.5, 0.6) is 5.75 Å². The van der Waals surface area contributed by atoms with Gasteiger partial charge in [0.15, 0.2) is 5.76 Å². The molecule has 1 rings (SSSR count). The smallest absolute Gasteiger partial charge is 0.446 e. The summed E-state index contributed by atoms with van der Waals surface area (Å²) in [7, 11) is -3.06. The molecular weight excluding hydrogens is 234 g/mol. The molecule has 0 aliphatic heterocycles. The van der Waals surface area contributed by atoms with E-state index in [4.69, 9.17) is 4.55 Å². The van der Waals surface area contributed by atoms with E-state index in [-0.39, 0.29) is 11.5 Å². The first-order valence-corrected chi connectivity index (χ1v) is 5.62. The van der Waals surface area contributed by atoms with E-state index in [2.05, 4.69) is 9.50 Å². The molecule has 88 valence electrons. The summed E-state index contributed by atoms with van der Waals surface area (Å²) < 4.78 is 34.1. The average Bonchev–Trinajstić information content (AvgIpc) is 2.15. The van der Waals surface area contributed by atoms with Crippen LogP contribution in [0, 0.1) is 0 Å². The third kappa shape index (κ3) is 3.79. The molecule has 0 atom stereocenters. The second kappa shape index (κ2) is 4.86. The van der Waals surface area contributed by atoms with Crippen LogP contribution in [0.1, 0.15) is 5.56 Å². The van der Waals surface area contributed by atoms with Gasteiger partial charge in [-0.05, 0) is 12.1 Å². The molecule has 0 saturated heterocycles. The van der Waals surface area contributed by atoms with Gasteiger partial charge in [-0.15, -0.1) is 0 Å². The molecule has 16 heavy (non-hydrogen) atoms. The van der Waals surface area contributed by atoms with E-state index in [1.54, 1.807) is 0 Å². The first kappa shape index (κ1) is 12.3. The summed E-state index contributed by atoms with van der Waals surface area (Å²) in [6.45, 7) is 0. The van der Waals surface area contributed by atoms with Crippen LogP contribution in [0.3, 0.4) is 0 Å². The van der Waals surface area contributed by atoms with E-state index in [0.717, 1.165) is 0 Å². The monoisotopic (exact) mass is 245 g/mol. The Morgan fingerprint density at radius 2 is 2.19 bits per heavy atom. The van der Waals surface area contributed by atoms with Crippen LogP contribution < -0.4 is 5.32 Å². The SMILES string of the molecule is CN/C=C(/OS(=O)(=O)O)c1cccc(O)c1. The van der Waals surface area contributed by atoms with Crippen LogP contribution in [0.4, 0.5) is 0 Å². The molecule has 1 aromatic rings. The highest BCUT2D eigenvalue weighted by Gasteiger charge is 2.12. The standard InChI is InChI=1S/C9H11NO5S/c1-10-6-9(15-16(12,13)14)7-3-2-4-8(11)5-7/h2-6,10-11H,1H3,(H,12,13,14)/b9-6+. The van der Waals surface area contributed by atoms with Gasteiger partial charge in [-0.3, -0.25) is 4.55 Å². The number of benzene rings is 1. The van der Waals surface area contributed by atoms with Gasteiger partial charge in [-0.25, -0.2) is 0 Å². The van der Waals surface area contributed by atoms with Gasteiger partial charge in [-0.2, -0.15) is 8.42 Å². The molecule has 0 radical (unpaired) electrons. The third-order valence-corrected chi connectivity index (χ3v) is 1.99. The minimum Gasteiger partial charge on any atom is -0.508 e. The Labute approximate surface area is 93.1 Å². The molecule has 0 amide bonds. The fraction of sp³-hybridized carbons (Fsp3) is 0.111. The van der Waals surface area contributed by atoms with E-state index in [1.165, 1.54) is 37.5 Å². The second-order valence-electron chi connectivity index (χ2n) is 2.86. The molecule has 0 saturated carbocycles. The Kier molecular flexibility index (Phi) is 3.75. The zero-order valence-electron chi connectivity index (χ0n) is 8.41. The largest absolute Gasteiger partial charge is 0.508 e. The lowest BCUT2D eigenvalue weighted by Crippen LogP contribution is -2.06. The highest BCUT2D eigenvalue weighted by molar-refractivity contribution is 7.81. The summed E-state index contributed by atoms with van der Waals surface area (Å²) in [5.41, 5.74) is 0.312. The number of nitrogens with one attached hydrogen (secondary N) is 1. The quantitative estimate of drug-likeness (QED) is 0.534. The third-order valence-electron chi connectivity index (χ3n) is 1.60. The lowest BCUT2D eigenvalue weighted by Gasteiger charge is -2.07. The minimum atomic E-state index is -4.60. The fourth-order valence-electron chi connectivity index (χ4n) is 1.06. The number of phenols is 1. The van der Waals surface area contributed by atoms with E-state index < -0.39 is 10.4 Å². The lowest BCUT2D eigenvalue weighted by molar-refractivity contribution is 0.369. The van der Waals surface area contributed by atoms with Gasteiger partial charge in [-0.1, -0.05) is 12.1 Å². The summed E-state index contributed by atoms with van der Waals surface area (Å²) in [4.78, 5) is 0. The molecule has 0 aliphatic carbocycles. The van der Waals surface area contributed by atoms with Crippen LogP contribution >= 0.6 is 0 Å². The maximum Gasteiger partial charge on any atom is 0.446 e. The molecule has 6 nitrogen and oxygen atoms in total. The maximum absolute atomic E-state index is 10.6. The van der Waals surface area contributed by atoms with E-state index in [9.17, 15) is 13.5 Å².